The van der Waals surface area contributed by atoms with Crippen molar-refractivity contribution in [2.75, 3.05) is 0 Å². The number of aryl methyl sites for hydroxylation is 2. The van der Waals surface area contributed by atoms with Gasteiger partial charge in [-0.2, -0.15) is 0 Å². The smallest absolute Gasteiger partial charge is 0.295 e. The van der Waals surface area contributed by atoms with Gasteiger partial charge in [0, 0.05) is 13.6 Å². The van der Waals surface area contributed by atoms with Crippen molar-refractivity contribution in [3.05, 3.63) is 47.4 Å². The molecule has 2 rings (SSSR count). The van der Waals surface area contributed by atoms with E-state index in [2.05, 4.69) is 6.58 Å². The van der Waals surface area contributed by atoms with Crippen LogP contribution in [0.3, 0.4) is 0 Å². The minimum absolute atomic E-state index is 0.0399. The minimum atomic E-state index is 0.0399. The fourth-order valence-electron chi connectivity index (χ4n) is 1.80. The van der Waals surface area contributed by atoms with Crippen molar-refractivity contribution in [2.24, 2.45) is 7.05 Å². The number of para-hydroxylation sites is 2. The number of allylic oxidation sites excluding steroid dienone is 1. The van der Waals surface area contributed by atoms with Crippen LogP contribution < -0.4 is 5.69 Å². The third kappa shape index (κ3) is 1.50. The molecule has 0 fully saturated rings. The Balaban J connectivity index is 2.66. The lowest BCUT2D eigenvalue weighted by Gasteiger charge is -1.98. The molecular weight excluding hydrogens is 188 g/mol. The van der Waals surface area contributed by atoms with Crippen molar-refractivity contribution >= 4 is 11.0 Å². The van der Waals surface area contributed by atoms with E-state index < -0.39 is 0 Å². The highest BCUT2D eigenvalue weighted by molar-refractivity contribution is 5.75. The summed E-state index contributed by atoms with van der Waals surface area (Å²) in [4.78, 5) is 11.9. The van der Waals surface area contributed by atoms with Gasteiger partial charge in [0.05, 0.1) is 11.0 Å². The van der Waals surface area contributed by atoms with E-state index in [0.717, 1.165) is 17.5 Å². The number of nitrogens with zero attached hydrogens (tertiary/aromatic N) is 2. The van der Waals surface area contributed by atoms with Crippen LogP contribution in [-0.4, -0.2) is 9.13 Å². The standard InChI is InChI=1S/C12H14N2O/c1-3-4-9-14-11-8-6-5-7-10(11)13(2)12(14)15/h3,5-8H,1,4,9H2,2H3. The Labute approximate surface area is 88.3 Å². The first-order valence-electron chi connectivity index (χ1n) is 5.01. The van der Waals surface area contributed by atoms with Crippen molar-refractivity contribution in [3.8, 4) is 0 Å². The molecule has 1 aromatic heterocycles. The molecule has 0 saturated heterocycles. The summed E-state index contributed by atoms with van der Waals surface area (Å²) >= 11 is 0. The van der Waals surface area contributed by atoms with Crippen LogP contribution in [0.1, 0.15) is 6.42 Å². The number of benzene rings is 1. The van der Waals surface area contributed by atoms with E-state index in [1.807, 2.05) is 30.3 Å². The Bertz CT molecular complexity index is 548. The maximum absolute atomic E-state index is 11.9. The maximum Gasteiger partial charge on any atom is 0.328 e. The lowest BCUT2D eigenvalue weighted by molar-refractivity contribution is 0.676. The molecule has 0 aliphatic heterocycles. The molecule has 3 nitrogen and oxygen atoms in total. The highest BCUT2D eigenvalue weighted by Crippen LogP contribution is 2.11. The largest absolute Gasteiger partial charge is 0.328 e. The fourth-order valence-corrected chi connectivity index (χ4v) is 1.80. The summed E-state index contributed by atoms with van der Waals surface area (Å²) in [5, 5.41) is 0. The van der Waals surface area contributed by atoms with Crippen LogP contribution in [0.25, 0.3) is 11.0 Å². The Hall–Kier alpha value is -1.77. The lowest BCUT2D eigenvalue weighted by atomic mass is 10.3. The summed E-state index contributed by atoms with van der Waals surface area (Å²) in [5.41, 5.74) is 2.01. The number of hydrogen-bond acceptors (Lipinski definition) is 1. The molecule has 0 amide bonds. The van der Waals surface area contributed by atoms with Crippen molar-refractivity contribution in [3.63, 3.8) is 0 Å². The summed E-state index contributed by atoms with van der Waals surface area (Å²) < 4.78 is 3.47. The number of imidazole rings is 1. The second-order valence-electron chi connectivity index (χ2n) is 3.56. The van der Waals surface area contributed by atoms with Crippen LogP contribution in [0.15, 0.2) is 41.7 Å². The van der Waals surface area contributed by atoms with Gasteiger partial charge in [0.15, 0.2) is 0 Å². The summed E-state index contributed by atoms with van der Waals surface area (Å²) in [7, 11) is 1.80. The van der Waals surface area contributed by atoms with Crippen LogP contribution in [0, 0.1) is 0 Å². The molecule has 0 spiro atoms. The van der Waals surface area contributed by atoms with Gasteiger partial charge in [-0.15, -0.1) is 6.58 Å². The van der Waals surface area contributed by atoms with Crippen LogP contribution >= 0.6 is 0 Å². The van der Waals surface area contributed by atoms with Crippen molar-refractivity contribution < 1.29 is 0 Å². The first-order chi connectivity index (χ1) is 7.25. The maximum atomic E-state index is 11.9. The molecule has 0 radical (unpaired) electrons. The van der Waals surface area contributed by atoms with Gasteiger partial charge in [0.1, 0.15) is 0 Å². The SMILES string of the molecule is C=CCCn1c(=O)n(C)c2ccccc21. The predicted octanol–water partition coefficient (Wildman–Crippen LogP) is 1.92. The number of fused-ring (bicyclic) bond motifs is 1. The van der Waals surface area contributed by atoms with Gasteiger partial charge in [0.2, 0.25) is 0 Å². The molecule has 2 aromatic rings. The molecule has 0 aliphatic rings. The fraction of sp³-hybridized carbons (Fsp3) is 0.250. The first kappa shape index (κ1) is 9.77. The van der Waals surface area contributed by atoms with Gasteiger partial charge in [-0.1, -0.05) is 18.2 Å². The van der Waals surface area contributed by atoms with Gasteiger partial charge in [-0.3, -0.25) is 9.13 Å². The van der Waals surface area contributed by atoms with E-state index in [9.17, 15) is 4.79 Å². The van der Waals surface area contributed by atoms with Gasteiger partial charge in [-0.05, 0) is 18.6 Å². The monoisotopic (exact) mass is 202 g/mol. The molecule has 0 unspecified atom stereocenters. The molecule has 78 valence electrons. The van der Waals surface area contributed by atoms with Crippen molar-refractivity contribution in [1.82, 2.24) is 9.13 Å². The predicted molar refractivity (Wildman–Crippen MR) is 62.0 cm³/mol. The summed E-state index contributed by atoms with van der Waals surface area (Å²) in [6, 6.07) is 7.83. The van der Waals surface area contributed by atoms with Crippen molar-refractivity contribution in [2.45, 2.75) is 13.0 Å². The lowest BCUT2D eigenvalue weighted by Crippen LogP contribution is -2.22. The van der Waals surface area contributed by atoms with E-state index in [0.29, 0.717) is 6.54 Å². The second-order valence-corrected chi connectivity index (χ2v) is 3.56. The normalized spacial score (nSPS) is 10.7. The Morgan fingerprint density at radius 2 is 2.00 bits per heavy atom. The number of hydrogen-bond donors (Lipinski definition) is 0. The first-order valence-corrected chi connectivity index (χ1v) is 5.01. The van der Waals surface area contributed by atoms with E-state index in [-0.39, 0.29) is 5.69 Å². The number of rotatable bonds is 3. The average Bonchev–Trinajstić information content (AvgIpc) is 2.51. The van der Waals surface area contributed by atoms with E-state index in [4.69, 9.17) is 0 Å². The van der Waals surface area contributed by atoms with Crippen LogP contribution in [0.4, 0.5) is 0 Å². The summed E-state index contributed by atoms with van der Waals surface area (Å²) in [6.45, 7) is 4.37. The van der Waals surface area contributed by atoms with Crippen LogP contribution in [0.2, 0.25) is 0 Å². The van der Waals surface area contributed by atoms with E-state index in [1.54, 1.807) is 16.2 Å². The van der Waals surface area contributed by atoms with Crippen LogP contribution in [0.5, 0.6) is 0 Å². The van der Waals surface area contributed by atoms with Gasteiger partial charge in [-0.25, -0.2) is 4.79 Å². The topological polar surface area (TPSA) is 26.9 Å². The summed E-state index contributed by atoms with van der Waals surface area (Å²) in [6.07, 6.45) is 2.64. The minimum Gasteiger partial charge on any atom is -0.295 e. The number of aromatic nitrogens is 2. The molecule has 0 N–H and O–H groups in total. The molecule has 1 aromatic carbocycles. The van der Waals surface area contributed by atoms with Crippen LogP contribution in [-0.2, 0) is 13.6 Å². The zero-order valence-electron chi connectivity index (χ0n) is 8.81. The Morgan fingerprint density at radius 1 is 1.33 bits per heavy atom. The zero-order chi connectivity index (χ0) is 10.8. The highest BCUT2D eigenvalue weighted by Gasteiger charge is 2.08. The Morgan fingerprint density at radius 3 is 2.67 bits per heavy atom. The average molecular weight is 202 g/mol. The third-order valence-electron chi connectivity index (χ3n) is 2.61. The molecular formula is C12H14N2O. The quantitative estimate of drug-likeness (QED) is 0.698. The van der Waals surface area contributed by atoms with Gasteiger partial charge >= 0.3 is 5.69 Å². The van der Waals surface area contributed by atoms with Crippen molar-refractivity contribution in [1.29, 1.82) is 0 Å². The van der Waals surface area contributed by atoms with E-state index >= 15 is 0 Å². The Kier molecular flexibility index (Phi) is 2.46. The van der Waals surface area contributed by atoms with Gasteiger partial charge < -0.3 is 0 Å². The van der Waals surface area contributed by atoms with E-state index in [1.165, 1.54) is 0 Å². The molecule has 15 heavy (non-hydrogen) atoms. The second kappa shape index (κ2) is 3.77. The summed E-state index contributed by atoms with van der Waals surface area (Å²) in [5.74, 6) is 0. The molecule has 0 aliphatic carbocycles. The molecule has 0 atom stereocenters. The molecule has 0 saturated carbocycles. The highest BCUT2D eigenvalue weighted by atomic mass is 16.1. The van der Waals surface area contributed by atoms with Gasteiger partial charge in [0.25, 0.3) is 0 Å². The third-order valence-corrected chi connectivity index (χ3v) is 2.61. The molecule has 3 heteroatoms. The molecule has 0 bridgehead atoms. The molecule has 1 heterocycles. The zero-order valence-corrected chi connectivity index (χ0v) is 8.81.